The van der Waals surface area contributed by atoms with Crippen molar-refractivity contribution in [2.75, 3.05) is 26.2 Å². The highest BCUT2D eigenvalue weighted by atomic mass is 32.2. The minimum Gasteiger partial charge on any atom is -0.353 e. The Balaban J connectivity index is 1.37. The number of amides is 2. The van der Waals surface area contributed by atoms with E-state index in [0.717, 1.165) is 25.9 Å². The lowest BCUT2D eigenvalue weighted by Gasteiger charge is -2.37. The van der Waals surface area contributed by atoms with E-state index in [-0.39, 0.29) is 34.8 Å². The zero-order chi connectivity index (χ0) is 21.1. The normalized spacial score (nSPS) is 27.5. The van der Waals surface area contributed by atoms with Crippen molar-refractivity contribution in [1.82, 2.24) is 19.8 Å². The van der Waals surface area contributed by atoms with Crippen LogP contribution in [-0.4, -0.2) is 74.3 Å². The molecule has 3 saturated heterocycles. The van der Waals surface area contributed by atoms with Crippen LogP contribution in [0.1, 0.15) is 38.5 Å². The number of likely N-dealkylation sites (tertiary alicyclic amines) is 1. The third-order valence-electron chi connectivity index (χ3n) is 6.40. The number of nitrogens with zero attached hydrogens (tertiary/aromatic N) is 2. The molecule has 0 bridgehead atoms. The molecule has 1 aromatic carbocycles. The number of hydrogen-bond donors (Lipinski definition) is 2. The number of carbonyl (C=O) groups is 2. The van der Waals surface area contributed by atoms with E-state index >= 15 is 0 Å². The van der Waals surface area contributed by atoms with Crippen molar-refractivity contribution in [2.45, 2.75) is 61.5 Å². The van der Waals surface area contributed by atoms with Gasteiger partial charge in [-0.25, -0.2) is 13.1 Å². The highest BCUT2D eigenvalue weighted by Gasteiger charge is 2.44. The minimum absolute atomic E-state index is 0.0488. The summed E-state index contributed by atoms with van der Waals surface area (Å²) in [6, 6.07) is 7.65. The van der Waals surface area contributed by atoms with Gasteiger partial charge in [-0.2, -0.15) is 0 Å². The van der Waals surface area contributed by atoms with Crippen molar-refractivity contribution >= 4 is 21.8 Å². The van der Waals surface area contributed by atoms with Crippen LogP contribution in [0.25, 0.3) is 0 Å². The molecule has 1 aromatic rings. The van der Waals surface area contributed by atoms with Gasteiger partial charge in [0.05, 0.1) is 10.9 Å². The quantitative estimate of drug-likeness (QED) is 0.687. The van der Waals surface area contributed by atoms with E-state index < -0.39 is 10.0 Å². The first-order valence-corrected chi connectivity index (χ1v) is 12.3. The van der Waals surface area contributed by atoms with Crippen LogP contribution in [0, 0.1) is 0 Å². The van der Waals surface area contributed by atoms with Gasteiger partial charge in [0.25, 0.3) is 0 Å². The van der Waals surface area contributed by atoms with E-state index in [9.17, 15) is 18.0 Å². The van der Waals surface area contributed by atoms with E-state index in [1.807, 2.05) is 4.90 Å². The smallest absolute Gasteiger partial charge is 0.240 e. The largest absolute Gasteiger partial charge is 0.353 e. The molecule has 3 heterocycles. The molecule has 3 aliphatic heterocycles. The Labute approximate surface area is 178 Å². The fraction of sp³-hybridized carbons (Fsp3) is 0.619. The highest BCUT2D eigenvalue weighted by Crippen LogP contribution is 2.27. The van der Waals surface area contributed by atoms with Gasteiger partial charge < -0.3 is 10.2 Å². The lowest BCUT2D eigenvalue weighted by molar-refractivity contribution is -0.133. The molecule has 0 saturated carbocycles. The second kappa shape index (κ2) is 9.03. The molecule has 0 radical (unpaired) electrons. The molecular weight excluding hydrogens is 404 g/mol. The second-order valence-electron chi connectivity index (χ2n) is 8.46. The summed E-state index contributed by atoms with van der Waals surface area (Å²) >= 11 is 0. The van der Waals surface area contributed by atoms with Gasteiger partial charge in [-0.3, -0.25) is 14.5 Å². The van der Waals surface area contributed by atoms with Gasteiger partial charge in [0.1, 0.15) is 0 Å². The average molecular weight is 435 g/mol. The van der Waals surface area contributed by atoms with Crippen LogP contribution in [0.15, 0.2) is 35.2 Å². The predicted molar refractivity (Wildman–Crippen MR) is 112 cm³/mol. The number of benzene rings is 1. The Kier molecular flexibility index (Phi) is 6.40. The topological polar surface area (TPSA) is 98.8 Å². The zero-order valence-electron chi connectivity index (χ0n) is 17.1. The molecule has 9 heteroatoms. The van der Waals surface area contributed by atoms with Gasteiger partial charge in [-0.15, -0.1) is 0 Å². The molecule has 2 amide bonds. The molecule has 8 nitrogen and oxygen atoms in total. The van der Waals surface area contributed by atoms with Crippen molar-refractivity contribution in [2.24, 2.45) is 0 Å². The average Bonchev–Trinajstić information content (AvgIpc) is 3.18. The summed E-state index contributed by atoms with van der Waals surface area (Å²) < 4.78 is 28.1. The molecule has 0 aliphatic carbocycles. The number of carbonyl (C=O) groups excluding carboxylic acids is 2. The Hall–Kier alpha value is -1.97. The third-order valence-corrected chi connectivity index (χ3v) is 7.93. The summed E-state index contributed by atoms with van der Waals surface area (Å²) in [5, 5.41) is 2.94. The summed E-state index contributed by atoms with van der Waals surface area (Å²) in [5.41, 5.74) is 0. The van der Waals surface area contributed by atoms with Gasteiger partial charge in [0, 0.05) is 44.7 Å². The molecular formula is C21H30N4O4S. The van der Waals surface area contributed by atoms with Gasteiger partial charge in [-0.1, -0.05) is 18.2 Å². The van der Waals surface area contributed by atoms with Crippen LogP contribution in [0.3, 0.4) is 0 Å². The number of sulfonamides is 1. The van der Waals surface area contributed by atoms with Crippen LogP contribution in [0.5, 0.6) is 0 Å². The first-order chi connectivity index (χ1) is 14.4. The van der Waals surface area contributed by atoms with E-state index in [1.165, 1.54) is 6.42 Å². The molecule has 164 valence electrons. The SMILES string of the molecule is O=C1NCC(CCC(=O)N2CCCCC2)N2CC(NS(=O)(=O)c3ccccc3)CC12. The molecule has 0 spiro atoms. The third kappa shape index (κ3) is 4.68. The number of rotatable bonds is 6. The zero-order valence-corrected chi connectivity index (χ0v) is 17.9. The number of piperidine rings is 1. The second-order valence-corrected chi connectivity index (χ2v) is 10.2. The monoisotopic (exact) mass is 434 g/mol. The molecule has 4 rings (SSSR count). The number of piperazine rings is 1. The molecule has 2 N–H and O–H groups in total. The van der Waals surface area contributed by atoms with Gasteiger partial charge >= 0.3 is 0 Å². The predicted octanol–water partition coefficient (Wildman–Crippen LogP) is 0.699. The maximum absolute atomic E-state index is 12.7. The standard InChI is InChI=1S/C21H30N4O4S/c26-20(24-11-5-2-6-12-24)10-9-17-14-22-21(27)19-13-16(15-25(17)19)23-30(28,29)18-7-3-1-4-8-18/h1,3-4,7-8,16-17,19,23H,2,5-6,9-15H2,(H,22,27). The summed E-state index contributed by atoms with van der Waals surface area (Å²) in [6.07, 6.45) is 4.91. The Morgan fingerprint density at radius 3 is 2.60 bits per heavy atom. The Morgan fingerprint density at radius 2 is 1.87 bits per heavy atom. The maximum atomic E-state index is 12.7. The lowest BCUT2D eigenvalue weighted by Crippen LogP contribution is -2.58. The van der Waals surface area contributed by atoms with Crippen LogP contribution in [0.4, 0.5) is 0 Å². The summed E-state index contributed by atoms with van der Waals surface area (Å²) in [4.78, 5) is 29.2. The van der Waals surface area contributed by atoms with Crippen molar-refractivity contribution in [3.05, 3.63) is 30.3 Å². The Morgan fingerprint density at radius 1 is 1.13 bits per heavy atom. The highest BCUT2D eigenvalue weighted by molar-refractivity contribution is 7.89. The van der Waals surface area contributed by atoms with Gasteiger partial charge in [-0.05, 0) is 44.2 Å². The molecule has 3 fully saturated rings. The number of hydrogen-bond acceptors (Lipinski definition) is 5. The first-order valence-electron chi connectivity index (χ1n) is 10.8. The fourth-order valence-electron chi connectivity index (χ4n) is 4.81. The van der Waals surface area contributed by atoms with E-state index in [1.54, 1.807) is 30.3 Å². The molecule has 3 unspecified atom stereocenters. The van der Waals surface area contributed by atoms with Gasteiger partial charge in [0.15, 0.2) is 0 Å². The Bertz CT molecular complexity index is 870. The van der Waals surface area contributed by atoms with E-state index in [0.29, 0.717) is 32.4 Å². The van der Waals surface area contributed by atoms with Gasteiger partial charge in [0.2, 0.25) is 21.8 Å². The molecule has 0 aromatic heterocycles. The maximum Gasteiger partial charge on any atom is 0.240 e. The number of nitrogens with one attached hydrogen (secondary N) is 2. The van der Waals surface area contributed by atoms with Crippen molar-refractivity contribution < 1.29 is 18.0 Å². The van der Waals surface area contributed by atoms with Crippen molar-refractivity contribution in [3.8, 4) is 0 Å². The van der Waals surface area contributed by atoms with Crippen LogP contribution in [0.2, 0.25) is 0 Å². The first kappa shape index (κ1) is 21.3. The number of fused-ring (bicyclic) bond motifs is 1. The lowest BCUT2D eigenvalue weighted by atomic mass is 10.0. The fourth-order valence-corrected chi connectivity index (χ4v) is 6.07. The summed E-state index contributed by atoms with van der Waals surface area (Å²) in [5.74, 6) is 0.124. The van der Waals surface area contributed by atoms with Crippen LogP contribution in [-0.2, 0) is 19.6 Å². The molecule has 3 atom stereocenters. The van der Waals surface area contributed by atoms with E-state index in [2.05, 4.69) is 14.9 Å². The molecule has 3 aliphatic rings. The van der Waals surface area contributed by atoms with Crippen LogP contribution >= 0.6 is 0 Å². The molecule has 30 heavy (non-hydrogen) atoms. The van der Waals surface area contributed by atoms with E-state index in [4.69, 9.17) is 0 Å². The van der Waals surface area contributed by atoms with Crippen LogP contribution < -0.4 is 10.0 Å². The summed E-state index contributed by atoms with van der Waals surface area (Å²) in [7, 11) is -3.63. The van der Waals surface area contributed by atoms with Crippen molar-refractivity contribution in [1.29, 1.82) is 0 Å². The summed E-state index contributed by atoms with van der Waals surface area (Å²) in [6.45, 7) is 2.67. The van der Waals surface area contributed by atoms with Crippen molar-refractivity contribution in [3.63, 3.8) is 0 Å². The minimum atomic E-state index is -3.63.